The van der Waals surface area contributed by atoms with E-state index in [4.69, 9.17) is 18.5 Å². The number of esters is 2. The predicted octanol–water partition coefficient (Wildman–Crippen LogP) is 2.41. The molecule has 0 amide bonds. The van der Waals surface area contributed by atoms with E-state index >= 15 is 0 Å². The van der Waals surface area contributed by atoms with Crippen LogP contribution >= 0.6 is 7.60 Å². The molecule has 1 heterocycles. The first-order valence-corrected chi connectivity index (χ1v) is 11.5. The minimum Gasteiger partial charge on any atom is -0.438 e. The fourth-order valence-electron chi connectivity index (χ4n) is 1.88. The molecule has 11 nitrogen and oxygen atoms in total. The molecule has 0 fully saturated rings. The number of nitrogens with zero attached hydrogens (tertiary/aromatic N) is 1. The maximum atomic E-state index is 13.0. The summed E-state index contributed by atoms with van der Waals surface area (Å²) >= 11 is 0. The highest BCUT2D eigenvalue weighted by Crippen LogP contribution is 2.48. The smallest absolute Gasteiger partial charge is 0.340 e. The molecule has 1 aromatic heterocycles. The van der Waals surface area contributed by atoms with Gasteiger partial charge in [0.05, 0.1) is 17.0 Å². The number of hydrogen-bond donors (Lipinski definition) is 1. The summed E-state index contributed by atoms with van der Waals surface area (Å²) in [6.07, 6.45) is 4.03. The van der Waals surface area contributed by atoms with Crippen molar-refractivity contribution in [2.24, 2.45) is 10.8 Å². The number of H-pyrrole nitrogens is 1. The van der Waals surface area contributed by atoms with Crippen molar-refractivity contribution in [3.8, 4) is 0 Å². The molecule has 0 atom stereocenters. The number of aromatic nitrogens is 2. The third-order valence-electron chi connectivity index (χ3n) is 3.80. The zero-order valence-electron chi connectivity index (χ0n) is 19.2. The van der Waals surface area contributed by atoms with Gasteiger partial charge in [0.2, 0.25) is 13.6 Å². The van der Waals surface area contributed by atoms with Gasteiger partial charge < -0.3 is 9.47 Å². The number of hydrogen-bond acceptors (Lipinski definition) is 9. The number of carbonyl (C=O) groups excluding carboxylic acids is 2. The lowest BCUT2D eigenvalue weighted by atomic mass is 9.98. The van der Waals surface area contributed by atoms with Crippen molar-refractivity contribution in [1.29, 1.82) is 0 Å². The van der Waals surface area contributed by atoms with Gasteiger partial charge in [-0.2, -0.15) is 0 Å². The van der Waals surface area contributed by atoms with Gasteiger partial charge in [0.1, 0.15) is 0 Å². The van der Waals surface area contributed by atoms with Crippen LogP contribution in [-0.2, 0) is 39.2 Å². The molecule has 0 spiro atoms. The summed E-state index contributed by atoms with van der Waals surface area (Å²) in [6, 6.07) is 1.19. The molecule has 0 aliphatic heterocycles. The summed E-state index contributed by atoms with van der Waals surface area (Å²) in [5.41, 5.74) is -2.67. The Morgan fingerprint density at radius 2 is 1.47 bits per heavy atom. The van der Waals surface area contributed by atoms with Crippen LogP contribution in [0.1, 0.15) is 41.5 Å². The fourth-order valence-corrected chi connectivity index (χ4v) is 3.00. The van der Waals surface area contributed by atoms with E-state index < -0.39 is 55.2 Å². The second-order valence-corrected chi connectivity index (χ2v) is 11.0. The average molecular weight is 474 g/mol. The summed E-state index contributed by atoms with van der Waals surface area (Å²) in [4.78, 5) is 48.6. The zero-order chi connectivity index (χ0) is 24.6. The minimum absolute atomic E-state index is 0.0909. The molecular weight excluding hydrogens is 443 g/mol. The molecule has 1 N–H and O–H groups in total. The van der Waals surface area contributed by atoms with Crippen LogP contribution in [0.2, 0.25) is 0 Å². The predicted molar refractivity (Wildman–Crippen MR) is 116 cm³/mol. The molecule has 0 aromatic carbocycles. The van der Waals surface area contributed by atoms with Gasteiger partial charge in [-0.25, -0.2) is 4.79 Å². The number of carbonyl (C=O) groups is 2. The van der Waals surface area contributed by atoms with E-state index in [-0.39, 0.29) is 12.7 Å². The first-order valence-electron chi connectivity index (χ1n) is 9.81. The van der Waals surface area contributed by atoms with Crippen LogP contribution in [-0.4, -0.2) is 41.2 Å². The average Bonchev–Trinajstić information content (AvgIpc) is 2.65. The van der Waals surface area contributed by atoms with Gasteiger partial charge in [-0.05, 0) is 41.5 Å². The molecule has 0 aliphatic rings. The van der Waals surface area contributed by atoms with Gasteiger partial charge >= 0.3 is 25.2 Å². The van der Waals surface area contributed by atoms with Crippen molar-refractivity contribution in [2.45, 2.75) is 48.1 Å². The van der Waals surface area contributed by atoms with Crippen LogP contribution in [0.5, 0.6) is 0 Å². The number of ether oxygens (including phenoxy) is 2. The maximum Gasteiger partial charge on any atom is 0.340 e. The molecule has 0 bridgehead atoms. The van der Waals surface area contributed by atoms with Crippen molar-refractivity contribution in [1.82, 2.24) is 9.55 Å². The van der Waals surface area contributed by atoms with Crippen LogP contribution in [0.25, 0.3) is 0 Å². The highest BCUT2D eigenvalue weighted by Gasteiger charge is 2.29. The van der Waals surface area contributed by atoms with Gasteiger partial charge in [0.15, 0.2) is 0 Å². The van der Waals surface area contributed by atoms with Crippen LogP contribution in [0, 0.1) is 10.8 Å². The summed E-state index contributed by atoms with van der Waals surface area (Å²) in [5, 5.41) is 0. The Morgan fingerprint density at radius 3 is 1.91 bits per heavy atom. The largest absolute Gasteiger partial charge is 0.438 e. The number of aromatic amines is 1. The number of rotatable bonds is 10. The Bertz CT molecular complexity index is 944. The summed E-state index contributed by atoms with van der Waals surface area (Å²) < 4.78 is 34.5. The van der Waals surface area contributed by atoms with Crippen LogP contribution in [0.3, 0.4) is 0 Å². The number of allylic oxidation sites excluding steroid dienone is 2. The van der Waals surface area contributed by atoms with Gasteiger partial charge in [-0.15, -0.1) is 0 Å². The molecule has 0 saturated heterocycles. The maximum absolute atomic E-state index is 13.0. The Kier molecular flexibility index (Phi) is 9.81. The van der Waals surface area contributed by atoms with Gasteiger partial charge in [0.25, 0.3) is 5.56 Å². The standard InChI is InChI=1S/C20H31N2O9P/c1-19(2,3)16(24)28-13-30-32(27,31-14-29-17(25)20(4,5)6)12-8-7-10-22-11-9-15(23)21-18(22)26/h7-9,11H,10,12-14H2,1-6H3,(H,21,23,26)/b8-7-. The van der Waals surface area contributed by atoms with Crippen molar-refractivity contribution in [2.75, 3.05) is 19.7 Å². The molecule has 0 unspecified atom stereocenters. The summed E-state index contributed by atoms with van der Waals surface area (Å²) in [7, 11) is -3.86. The SMILES string of the molecule is CC(C)(C)C(=O)OCOP(=O)(C/C=C\Cn1ccc(=O)[nH]c1=O)OCOC(=O)C(C)(C)C. The normalized spacial score (nSPS) is 12.7. The lowest BCUT2D eigenvalue weighted by Gasteiger charge is -2.21. The van der Waals surface area contributed by atoms with Crippen molar-refractivity contribution < 1.29 is 32.7 Å². The summed E-state index contributed by atoms with van der Waals surface area (Å²) in [5.74, 6) is -1.12. The Balaban J connectivity index is 2.77. The molecule has 0 saturated carbocycles. The molecule has 1 rings (SSSR count). The molecular formula is C20H31N2O9P. The zero-order valence-corrected chi connectivity index (χ0v) is 20.1. The van der Waals surface area contributed by atoms with Gasteiger partial charge in [-0.3, -0.25) is 37.5 Å². The molecule has 12 heteroatoms. The van der Waals surface area contributed by atoms with E-state index in [0.29, 0.717) is 0 Å². The fraction of sp³-hybridized carbons (Fsp3) is 0.600. The molecule has 0 aliphatic carbocycles. The molecule has 32 heavy (non-hydrogen) atoms. The minimum atomic E-state index is -3.86. The van der Waals surface area contributed by atoms with Crippen molar-refractivity contribution in [3.63, 3.8) is 0 Å². The Hall–Kier alpha value is -2.49. The second-order valence-electron chi connectivity index (χ2n) is 8.88. The molecule has 0 radical (unpaired) electrons. The summed E-state index contributed by atoms with van der Waals surface area (Å²) in [6.45, 7) is 8.77. The lowest BCUT2D eigenvalue weighted by molar-refractivity contribution is -0.161. The van der Waals surface area contributed by atoms with E-state index in [1.54, 1.807) is 41.5 Å². The van der Waals surface area contributed by atoms with E-state index in [1.807, 2.05) is 0 Å². The topological polar surface area (TPSA) is 143 Å². The monoisotopic (exact) mass is 474 g/mol. The van der Waals surface area contributed by atoms with Crippen molar-refractivity contribution in [3.05, 3.63) is 45.3 Å². The van der Waals surface area contributed by atoms with E-state index in [1.165, 1.54) is 29.0 Å². The third kappa shape index (κ3) is 9.76. The number of nitrogens with one attached hydrogen (secondary N) is 1. The second kappa shape index (κ2) is 11.4. The van der Waals surface area contributed by atoms with Gasteiger partial charge in [-0.1, -0.05) is 12.2 Å². The quantitative estimate of drug-likeness (QED) is 0.234. The highest BCUT2D eigenvalue weighted by atomic mass is 31.2. The molecule has 1 aromatic rings. The van der Waals surface area contributed by atoms with E-state index in [9.17, 15) is 23.7 Å². The van der Waals surface area contributed by atoms with E-state index in [2.05, 4.69) is 4.98 Å². The van der Waals surface area contributed by atoms with E-state index in [0.717, 1.165) is 0 Å². The molecule has 180 valence electrons. The van der Waals surface area contributed by atoms with Crippen molar-refractivity contribution >= 4 is 19.5 Å². The van der Waals surface area contributed by atoms with Crippen LogP contribution in [0.15, 0.2) is 34.0 Å². The van der Waals surface area contributed by atoms with Crippen LogP contribution < -0.4 is 11.2 Å². The Labute approximate surface area is 186 Å². The Morgan fingerprint density at radius 1 is 0.969 bits per heavy atom. The lowest BCUT2D eigenvalue weighted by Crippen LogP contribution is -2.28. The van der Waals surface area contributed by atoms with Gasteiger partial charge in [0, 0.05) is 18.8 Å². The first-order chi connectivity index (χ1) is 14.6. The van der Waals surface area contributed by atoms with Crippen LogP contribution in [0.4, 0.5) is 0 Å². The first kappa shape index (κ1) is 27.5. The highest BCUT2D eigenvalue weighted by molar-refractivity contribution is 7.54. The third-order valence-corrected chi connectivity index (χ3v) is 5.45.